The summed E-state index contributed by atoms with van der Waals surface area (Å²) in [6.45, 7) is 0. The van der Waals surface area contributed by atoms with Gasteiger partial charge in [-0.25, -0.2) is 9.97 Å². The Kier molecular flexibility index (Phi) is 5.20. The van der Waals surface area contributed by atoms with Crippen molar-refractivity contribution in [3.05, 3.63) is 77.5 Å². The van der Waals surface area contributed by atoms with E-state index in [0.717, 1.165) is 29.5 Å². The number of aromatic amines is 1. The number of rotatable bonds is 7. The predicted octanol–water partition coefficient (Wildman–Crippen LogP) is 3.39. The summed E-state index contributed by atoms with van der Waals surface area (Å²) in [4.78, 5) is 28.9. The molecule has 0 radical (unpaired) electrons. The van der Waals surface area contributed by atoms with Crippen molar-refractivity contribution in [2.45, 2.75) is 12.8 Å². The van der Waals surface area contributed by atoms with Crippen LogP contribution in [0, 0.1) is 0 Å². The Bertz CT molecular complexity index is 1140. The van der Waals surface area contributed by atoms with E-state index < -0.39 is 0 Å². The SMILES string of the molecule is COc1cnc2[nH]cc(C(=O)c3ccc(CCc4ccc(OC)nc4)nc3)c2c1. The summed E-state index contributed by atoms with van der Waals surface area (Å²) in [5, 5.41) is 0.727. The summed E-state index contributed by atoms with van der Waals surface area (Å²) < 4.78 is 10.3. The fourth-order valence-corrected chi connectivity index (χ4v) is 3.10. The molecule has 0 fully saturated rings. The molecule has 4 aromatic heterocycles. The van der Waals surface area contributed by atoms with Gasteiger partial charge in [-0.3, -0.25) is 9.78 Å². The summed E-state index contributed by atoms with van der Waals surface area (Å²) in [6.07, 6.45) is 8.28. The lowest BCUT2D eigenvalue weighted by atomic mass is 10.0. The van der Waals surface area contributed by atoms with Crippen LogP contribution in [0.1, 0.15) is 27.2 Å². The topological polar surface area (TPSA) is 90.0 Å². The molecule has 4 heterocycles. The van der Waals surface area contributed by atoms with Crippen molar-refractivity contribution >= 4 is 16.8 Å². The smallest absolute Gasteiger partial charge is 0.212 e. The third kappa shape index (κ3) is 3.94. The average molecular weight is 388 g/mol. The van der Waals surface area contributed by atoms with E-state index in [4.69, 9.17) is 9.47 Å². The normalized spacial score (nSPS) is 10.8. The van der Waals surface area contributed by atoms with Gasteiger partial charge in [0.15, 0.2) is 5.78 Å². The third-order valence-electron chi connectivity index (χ3n) is 4.75. The molecule has 0 spiro atoms. The number of H-pyrrole nitrogens is 1. The molecular weight excluding hydrogens is 368 g/mol. The minimum absolute atomic E-state index is 0.107. The van der Waals surface area contributed by atoms with Crippen molar-refractivity contribution in [2.75, 3.05) is 14.2 Å². The number of nitrogens with zero attached hydrogens (tertiary/aromatic N) is 3. The second kappa shape index (κ2) is 8.10. The van der Waals surface area contributed by atoms with Crippen LogP contribution in [0.15, 0.2) is 55.1 Å². The highest BCUT2D eigenvalue weighted by Crippen LogP contribution is 2.23. The maximum Gasteiger partial charge on any atom is 0.212 e. The van der Waals surface area contributed by atoms with E-state index in [1.165, 1.54) is 0 Å². The number of hydrogen-bond donors (Lipinski definition) is 1. The number of pyridine rings is 3. The maximum absolute atomic E-state index is 12.9. The highest BCUT2D eigenvalue weighted by molar-refractivity contribution is 6.15. The van der Waals surface area contributed by atoms with Crippen molar-refractivity contribution in [3.8, 4) is 11.6 Å². The van der Waals surface area contributed by atoms with Crippen LogP contribution in [-0.2, 0) is 12.8 Å². The van der Waals surface area contributed by atoms with Crippen LogP contribution in [0.2, 0.25) is 0 Å². The van der Waals surface area contributed by atoms with E-state index in [0.29, 0.717) is 28.4 Å². The number of hydrogen-bond acceptors (Lipinski definition) is 6. The Morgan fingerprint density at radius 1 is 0.966 bits per heavy atom. The molecule has 0 unspecified atom stereocenters. The molecule has 0 aromatic carbocycles. The lowest BCUT2D eigenvalue weighted by Crippen LogP contribution is -2.03. The lowest BCUT2D eigenvalue weighted by Gasteiger charge is -2.05. The molecule has 7 nitrogen and oxygen atoms in total. The second-order valence-corrected chi connectivity index (χ2v) is 6.55. The maximum atomic E-state index is 12.9. The first-order valence-electron chi connectivity index (χ1n) is 9.17. The van der Waals surface area contributed by atoms with Crippen molar-refractivity contribution < 1.29 is 14.3 Å². The monoisotopic (exact) mass is 388 g/mol. The van der Waals surface area contributed by atoms with E-state index in [9.17, 15) is 4.79 Å². The van der Waals surface area contributed by atoms with Crippen LogP contribution >= 0.6 is 0 Å². The predicted molar refractivity (Wildman–Crippen MR) is 109 cm³/mol. The molecule has 0 bridgehead atoms. The summed E-state index contributed by atoms with van der Waals surface area (Å²) in [7, 11) is 3.17. The molecule has 0 aliphatic carbocycles. The zero-order valence-electron chi connectivity index (χ0n) is 16.2. The van der Waals surface area contributed by atoms with Crippen LogP contribution < -0.4 is 9.47 Å². The quantitative estimate of drug-likeness (QED) is 0.488. The van der Waals surface area contributed by atoms with Gasteiger partial charge < -0.3 is 14.5 Å². The van der Waals surface area contributed by atoms with Crippen LogP contribution in [0.5, 0.6) is 11.6 Å². The van der Waals surface area contributed by atoms with Gasteiger partial charge in [0.05, 0.1) is 20.4 Å². The number of ketones is 1. The molecule has 0 saturated heterocycles. The average Bonchev–Trinajstić information content (AvgIpc) is 3.21. The fourth-order valence-electron chi connectivity index (χ4n) is 3.10. The van der Waals surface area contributed by atoms with E-state index in [2.05, 4.69) is 19.9 Å². The van der Waals surface area contributed by atoms with E-state index in [1.54, 1.807) is 45.1 Å². The van der Waals surface area contributed by atoms with E-state index in [-0.39, 0.29) is 5.78 Å². The van der Waals surface area contributed by atoms with Gasteiger partial charge in [0.25, 0.3) is 0 Å². The largest absolute Gasteiger partial charge is 0.495 e. The minimum atomic E-state index is -0.107. The van der Waals surface area contributed by atoms with Crippen molar-refractivity contribution in [2.24, 2.45) is 0 Å². The first-order valence-corrected chi connectivity index (χ1v) is 9.17. The Labute approximate surface area is 167 Å². The molecule has 0 aliphatic rings. The molecule has 0 aliphatic heterocycles. The first kappa shape index (κ1) is 18.6. The van der Waals surface area contributed by atoms with Crippen molar-refractivity contribution in [1.82, 2.24) is 19.9 Å². The summed E-state index contributed by atoms with van der Waals surface area (Å²) in [5.41, 5.74) is 3.74. The van der Waals surface area contributed by atoms with Gasteiger partial charge in [-0.2, -0.15) is 0 Å². The molecular formula is C22H20N4O3. The standard InChI is InChI=1S/C22H20N4O3/c1-28-17-9-18-19(13-26-22(18)25-12-17)21(27)15-5-7-16(23-11-15)6-3-14-4-8-20(29-2)24-10-14/h4-5,7-13H,3,6H2,1-2H3,(H,25,26). The Hall–Kier alpha value is -3.74. The summed E-state index contributed by atoms with van der Waals surface area (Å²) >= 11 is 0. The van der Waals surface area contributed by atoms with Gasteiger partial charge in [-0.1, -0.05) is 6.07 Å². The highest BCUT2D eigenvalue weighted by Gasteiger charge is 2.16. The van der Waals surface area contributed by atoms with E-state index in [1.807, 2.05) is 24.3 Å². The van der Waals surface area contributed by atoms with Gasteiger partial charge >= 0.3 is 0 Å². The molecule has 7 heteroatoms. The van der Waals surface area contributed by atoms with Crippen LogP contribution in [0.4, 0.5) is 0 Å². The lowest BCUT2D eigenvalue weighted by molar-refractivity contribution is 0.104. The van der Waals surface area contributed by atoms with Crippen LogP contribution in [-0.4, -0.2) is 39.9 Å². The van der Waals surface area contributed by atoms with Gasteiger partial charge in [-0.15, -0.1) is 0 Å². The number of aromatic nitrogens is 4. The second-order valence-electron chi connectivity index (χ2n) is 6.55. The summed E-state index contributed by atoms with van der Waals surface area (Å²) in [6, 6.07) is 9.33. The first-order chi connectivity index (χ1) is 14.2. The Morgan fingerprint density at radius 2 is 1.86 bits per heavy atom. The molecule has 4 rings (SSSR count). The number of methoxy groups -OCH3 is 2. The third-order valence-corrected chi connectivity index (χ3v) is 4.75. The molecule has 0 atom stereocenters. The highest BCUT2D eigenvalue weighted by atomic mass is 16.5. The molecule has 146 valence electrons. The van der Waals surface area contributed by atoms with Crippen LogP contribution in [0.3, 0.4) is 0 Å². The van der Waals surface area contributed by atoms with E-state index >= 15 is 0 Å². The molecule has 0 amide bonds. The fraction of sp³-hybridized carbons (Fsp3) is 0.182. The van der Waals surface area contributed by atoms with Gasteiger partial charge in [0, 0.05) is 46.9 Å². The van der Waals surface area contributed by atoms with Crippen molar-refractivity contribution in [1.29, 1.82) is 0 Å². The molecule has 4 aromatic rings. The minimum Gasteiger partial charge on any atom is -0.495 e. The van der Waals surface area contributed by atoms with Crippen molar-refractivity contribution in [3.63, 3.8) is 0 Å². The number of carbonyl (C=O) groups excluding carboxylic acids is 1. The Balaban J connectivity index is 1.48. The number of nitrogens with one attached hydrogen (secondary N) is 1. The molecule has 0 saturated carbocycles. The zero-order valence-corrected chi connectivity index (χ0v) is 16.2. The van der Waals surface area contributed by atoms with Crippen LogP contribution in [0.25, 0.3) is 11.0 Å². The summed E-state index contributed by atoms with van der Waals surface area (Å²) in [5.74, 6) is 1.09. The van der Waals surface area contributed by atoms with Gasteiger partial charge in [0.2, 0.25) is 5.88 Å². The molecule has 1 N–H and O–H groups in total. The number of aryl methyl sites for hydroxylation is 2. The zero-order chi connectivity index (χ0) is 20.2. The number of carbonyl (C=O) groups is 1. The molecule has 29 heavy (non-hydrogen) atoms. The number of fused-ring (bicyclic) bond motifs is 1. The van der Waals surface area contributed by atoms with Gasteiger partial charge in [0.1, 0.15) is 11.4 Å². The number of ether oxygens (including phenoxy) is 2. The Morgan fingerprint density at radius 3 is 2.55 bits per heavy atom. The van der Waals surface area contributed by atoms with Gasteiger partial charge in [-0.05, 0) is 36.6 Å².